The van der Waals surface area contributed by atoms with Crippen LogP contribution in [0.3, 0.4) is 0 Å². The van der Waals surface area contributed by atoms with E-state index in [2.05, 4.69) is 30.5 Å². The lowest BCUT2D eigenvalue weighted by molar-refractivity contribution is 0.587. The summed E-state index contributed by atoms with van der Waals surface area (Å²) in [5.41, 5.74) is 5.38. The van der Waals surface area contributed by atoms with E-state index < -0.39 is 10.0 Å². The minimum atomic E-state index is -3.65. The number of benzene rings is 2. The van der Waals surface area contributed by atoms with Crippen LogP contribution in [0.1, 0.15) is 31.9 Å². The summed E-state index contributed by atoms with van der Waals surface area (Å²) in [6.45, 7) is 8.33. The third-order valence-corrected chi connectivity index (χ3v) is 6.46. The average Bonchev–Trinajstić information content (AvgIpc) is 3.11. The lowest BCUT2D eigenvalue weighted by atomic mass is 9.87. The molecule has 5 nitrogen and oxygen atoms in total. The van der Waals surface area contributed by atoms with Gasteiger partial charge in [-0.05, 0) is 53.8 Å². The molecule has 0 bridgehead atoms. The first-order valence-electron chi connectivity index (χ1n) is 9.81. The zero-order chi connectivity index (χ0) is 21.5. The van der Waals surface area contributed by atoms with Gasteiger partial charge in [0.25, 0.3) is 10.0 Å². The zero-order valence-corrected chi connectivity index (χ0v) is 18.4. The third-order valence-electron chi connectivity index (χ3n) is 5.06. The number of fused-ring (bicyclic) bond motifs is 1. The Morgan fingerprint density at radius 3 is 2.17 bits per heavy atom. The fourth-order valence-corrected chi connectivity index (χ4v) is 4.36. The highest BCUT2D eigenvalue weighted by molar-refractivity contribution is 7.92. The molecule has 4 aromatic rings. The molecule has 0 aliphatic rings. The van der Waals surface area contributed by atoms with Crippen molar-refractivity contribution in [1.82, 2.24) is 9.38 Å². The molecule has 0 saturated heterocycles. The highest BCUT2D eigenvalue weighted by atomic mass is 32.2. The maximum atomic E-state index is 12.7. The van der Waals surface area contributed by atoms with Gasteiger partial charge in [-0.15, -0.1) is 0 Å². The van der Waals surface area contributed by atoms with Gasteiger partial charge in [0.05, 0.1) is 10.6 Å². The first-order chi connectivity index (χ1) is 14.1. The number of aryl methyl sites for hydroxylation is 1. The van der Waals surface area contributed by atoms with Crippen LogP contribution in [0.2, 0.25) is 0 Å². The number of aromatic nitrogens is 2. The molecule has 4 rings (SSSR count). The summed E-state index contributed by atoms with van der Waals surface area (Å²) < 4.78 is 30.1. The summed E-state index contributed by atoms with van der Waals surface area (Å²) in [6, 6.07) is 18.3. The van der Waals surface area contributed by atoms with Gasteiger partial charge in [0.1, 0.15) is 5.65 Å². The maximum absolute atomic E-state index is 12.7. The number of nitrogens with one attached hydrogen (secondary N) is 1. The highest BCUT2D eigenvalue weighted by Crippen LogP contribution is 2.26. The quantitative estimate of drug-likeness (QED) is 0.481. The normalized spacial score (nSPS) is 12.3. The molecule has 154 valence electrons. The molecule has 2 aromatic carbocycles. The van der Waals surface area contributed by atoms with E-state index in [0.717, 1.165) is 28.0 Å². The van der Waals surface area contributed by atoms with Crippen LogP contribution >= 0.6 is 0 Å². The molecule has 6 heteroatoms. The zero-order valence-electron chi connectivity index (χ0n) is 17.5. The second-order valence-electron chi connectivity index (χ2n) is 8.56. The largest absolute Gasteiger partial charge is 0.306 e. The number of nitrogens with zero attached hydrogens (tertiary/aromatic N) is 2. The van der Waals surface area contributed by atoms with Crippen LogP contribution < -0.4 is 4.72 Å². The van der Waals surface area contributed by atoms with Crippen LogP contribution in [0, 0.1) is 6.92 Å². The number of anilines is 1. The smallest absolute Gasteiger partial charge is 0.261 e. The van der Waals surface area contributed by atoms with Gasteiger partial charge in [-0.1, -0.05) is 51.1 Å². The van der Waals surface area contributed by atoms with Crippen molar-refractivity contribution in [1.29, 1.82) is 0 Å². The molecule has 0 spiro atoms. The Bertz CT molecular complexity index is 1300. The van der Waals surface area contributed by atoms with E-state index in [-0.39, 0.29) is 10.3 Å². The lowest BCUT2D eigenvalue weighted by Crippen LogP contribution is -2.14. The number of hydrogen-bond donors (Lipinski definition) is 1. The lowest BCUT2D eigenvalue weighted by Gasteiger charge is -2.19. The highest BCUT2D eigenvalue weighted by Gasteiger charge is 2.18. The first-order valence-corrected chi connectivity index (χ1v) is 11.3. The van der Waals surface area contributed by atoms with E-state index in [1.165, 1.54) is 0 Å². The summed E-state index contributed by atoms with van der Waals surface area (Å²) in [5, 5.41) is 0. The number of pyridine rings is 1. The molecular weight excluding hydrogens is 394 g/mol. The minimum Gasteiger partial charge on any atom is -0.306 e. The van der Waals surface area contributed by atoms with Crippen LogP contribution in [0.25, 0.3) is 16.9 Å². The van der Waals surface area contributed by atoms with E-state index in [0.29, 0.717) is 5.69 Å². The van der Waals surface area contributed by atoms with E-state index in [9.17, 15) is 8.42 Å². The minimum absolute atomic E-state index is 0.0256. The van der Waals surface area contributed by atoms with Crippen molar-refractivity contribution < 1.29 is 8.42 Å². The average molecular weight is 420 g/mol. The van der Waals surface area contributed by atoms with Crippen molar-refractivity contribution in [3.05, 3.63) is 84.2 Å². The number of rotatable bonds is 4. The summed E-state index contributed by atoms with van der Waals surface area (Å²) >= 11 is 0. The summed E-state index contributed by atoms with van der Waals surface area (Å²) in [5.74, 6) is 0. The molecular formula is C24H25N3O2S. The Hall–Kier alpha value is -3.12. The molecule has 30 heavy (non-hydrogen) atoms. The van der Waals surface area contributed by atoms with Gasteiger partial charge in [0.2, 0.25) is 0 Å². The number of imidazole rings is 1. The molecule has 0 unspecified atom stereocenters. The second kappa shape index (κ2) is 7.29. The molecule has 0 radical (unpaired) electrons. The Kier molecular flexibility index (Phi) is 4.90. The van der Waals surface area contributed by atoms with Crippen LogP contribution in [0.15, 0.2) is 78.0 Å². The predicted molar refractivity (Wildman–Crippen MR) is 121 cm³/mol. The van der Waals surface area contributed by atoms with Gasteiger partial charge >= 0.3 is 0 Å². The van der Waals surface area contributed by atoms with Gasteiger partial charge < -0.3 is 4.40 Å². The SMILES string of the molecule is Cc1ccc2nc(-c3ccc(NS(=O)(=O)c4ccc(C(C)(C)C)cc4)cc3)cn2c1. The third kappa shape index (κ3) is 4.09. The van der Waals surface area contributed by atoms with Crippen molar-refractivity contribution in [3.63, 3.8) is 0 Å². The second-order valence-corrected chi connectivity index (χ2v) is 10.2. The standard InChI is InChI=1S/C24H25N3O2S/c1-17-5-14-23-25-22(16-27(23)15-17)18-6-10-20(11-7-18)26-30(28,29)21-12-8-19(9-13-21)24(2,3)4/h5-16,26H,1-4H3. The topological polar surface area (TPSA) is 63.5 Å². The maximum Gasteiger partial charge on any atom is 0.261 e. The molecule has 0 amide bonds. The van der Waals surface area contributed by atoms with Gasteiger partial charge in [0.15, 0.2) is 0 Å². The Morgan fingerprint density at radius 2 is 1.53 bits per heavy atom. The van der Waals surface area contributed by atoms with Gasteiger partial charge in [-0.2, -0.15) is 0 Å². The summed E-state index contributed by atoms with van der Waals surface area (Å²) in [4.78, 5) is 4.87. The van der Waals surface area contributed by atoms with E-state index in [1.54, 1.807) is 24.3 Å². The molecule has 0 saturated carbocycles. The van der Waals surface area contributed by atoms with Gasteiger partial charge in [-0.25, -0.2) is 13.4 Å². The molecule has 0 fully saturated rings. The van der Waals surface area contributed by atoms with Crippen molar-refractivity contribution in [2.24, 2.45) is 0 Å². The fourth-order valence-electron chi connectivity index (χ4n) is 3.30. The molecule has 0 atom stereocenters. The summed E-state index contributed by atoms with van der Waals surface area (Å²) in [6.07, 6.45) is 4.00. The van der Waals surface area contributed by atoms with Crippen molar-refractivity contribution in [3.8, 4) is 11.3 Å². The van der Waals surface area contributed by atoms with Gasteiger partial charge in [0, 0.05) is 23.6 Å². The van der Waals surface area contributed by atoms with Crippen LogP contribution in [-0.4, -0.2) is 17.8 Å². The van der Waals surface area contributed by atoms with Crippen molar-refractivity contribution in [2.45, 2.75) is 38.0 Å². The van der Waals surface area contributed by atoms with Gasteiger partial charge in [-0.3, -0.25) is 4.72 Å². The monoisotopic (exact) mass is 419 g/mol. The molecule has 2 aromatic heterocycles. The van der Waals surface area contributed by atoms with E-state index >= 15 is 0 Å². The number of hydrogen-bond acceptors (Lipinski definition) is 3. The fraction of sp³-hybridized carbons (Fsp3) is 0.208. The molecule has 0 aliphatic heterocycles. The van der Waals surface area contributed by atoms with Crippen LogP contribution in [-0.2, 0) is 15.4 Å². The van der Waals surface area contributed by atoms with E-state index in [1.807, 2.05) is 60.1 Å². The van der Waals surface area contributed by atoms with E-state index in [4.69, 9.17) is 0 Å². The Morgan fingerprint density at radius 1 is 0.867 bits per heavy atom. The van der Waals surface area contributed by atoms with Crippen molar-refractivity contribution in [2.75, 3.05) is 4.72 Å². The Labute approximate surface area is 177 Å². The summed E-state index contributed by atoms with van der Waals surface area (Å²) in [7, 11) is -3.65. The van der Waals surface area contributed by atoms with Crippen LogP contribution in [0.4, 0.5) is 5.69 Å². The molecule has 1 N–H and O–H groups in total. The molecule has 2 heterocycles. The van der Waals surface area contributed by atoms with Crippen molar-refractivity contribution >= 4 is 21.4 Å². The predicted octanol–water partition coefficient (Wildman–Crippen LogP) is 5.41. The van der Waals surface area contributed by atoms with Crippen LogP contribution in [0.5, 0.6) is 0 Å². The first kappa shape index (κ1) is 20.2. The number of sulfonamides is 1. The Balaban J connectivity index is 1.55. The molecule has 0 aliphatic carbocycles.